The zero-order chi connectivity index (χ0) is 17.8. The Hall–Kier alpha value is -3.36. The van der Waals surface area contributed by atoms with Gasteiger partial charge in [-0.2, -0.15) is 19.7 Å². The third-order valence-corrected chi connectivity index (χ3v) is 3.43. The van der Waals surface area contributed by atoms with Crippen LogP contribution in [0.5, 0.6) is 0 Å². The van der Waals surface area contributed by atoms with E-state index in [1.165, 1.54) is 35.3 Å². The average molecular weight is 344 g/mol. The third kappa shape index (κ3) is 3.60. The zero-order valence-electron chi connectivity index (χ0n) is 13.2. The Morgan fingerprint density at radius 2 is 2.12 bits per heavy atom. The maximum absolute atomic E-state index is 13.8. The number of nitrogens with zero attached hydrogens (tertiary/aromatic N) is 4. The summed E-state index contributed by atoms with van der Waals surface area (Å²) in [6, 6.07) is 7.23. The molecule has 2 N–H and O–H groups in total. The number of aryl methyl sites for hydroxylation is 1. The van der Waals surface area contributed by atoms with Gasteiger partial charge in [-0.05, 0) is 37.3 Å². The van der Waals surface area contributed by atoms with Crippen LogP contribution in [0.4, 0.5) is 8.78 Å². The summed E-state index contributed by atoms with van der Waals surface area (Å²) in [6.07, 6.45) is 2.49. The van der Waals surface area contributed by atoms with Gasteiger partial charge in [0.1, 0.15) is 11.5 Å². The minimum Gasteiger partial charge on any atom is -0.272 e. The van der Waals surface area contributed by atoms with Crippen molar-refractivity contribution < 1.29 is 13.6 Å². The van der Waals surface area contributed by atoms with Gasteiger partial charge in [0.25, 0.3) is 5.91 Å². The fourth-order valence-electron chi connectivity index (χ4n) is 2.12. The van der Waals surface area contributed by atoms with Crippen LogP contribution in [0, 0.1) is 11.8 Å². The van der Waals surface area contributed by atoms with E-state index in [9.17, 15) is 13.6 Å². The quantitative estimate of drug-likeness (QED) is 0.550. The van der Waals surface area contributed by atoms with Gasteiger partial charge in [-0.3, -0.25) is 9.89 Å². The molecule has 0 spiro atoms. The summed E-state index contributed by atoms with van der Waals surface area (Å²) in [4.78, 5) is 12.0. The Morgan fingerprint density at radius 1 is 1.36 bits per heavy atom. The highest BCUT2D eigenvalue weighted by Gasteiger charge is 2.11. The molecule has 2 heterocycles. The van der Waals surface area contributed by atoms with Crippen molar-refractivity contribution in [3.05, 3.63) is 59.6 Å². The molecule has 0 radical (unpaired) electrons. The van der Waals surface area contributed by atoms with Crippen molar-refractivity contribution in [2.75, 3.05) is 0 Å². The van der Waals surface area contributed by atoms with Crippen LogP contribution >= 0.6 is 0 Å². The molecule has 0 saturated heterocycles. The molecule has 0 saturated carbocycles. The topological polar surface area (TPSA) is 88.0 Å². The molecule has 128 valence electrons. The number of aromatic amines is 1. The van der Waals surface area contributed by atoms with Gasteiger partial charge in [0.2, 0.25) is 5.95 Å². The van der Waals surface area contributed by atoms with Crippen LogP contribution < -0.4 is 5.43 Å². The minimum absolute atomic E-state index is 0.166. The fraction of sp³-hybridized carbons (Fsp3) is 0.125. The lowest BCUT2D eigenvalue weighted by molar-refractivity contribution is 0.0950. The van der Waals surface area contributed by atoms with Gasteiger partial charge < -0.3 is 0 Å². The number of aromatic nitrogens is 4. The second-order valence-corrected chi connectivity index (χ2v) is 5.08. The van der Waals surface area contributed by atoms with E-state index in [2.05, 4.69) is 25.8 Å². The molecule has 7 nitrogen and oxygen atoms in total. The molecule has 2 aromatic heterocycles. The normalized spacial score (nSPS) is 11.2. The highest BCUT2D eigenvalue weighted by Crippen LogP contribution is 2.17. The predicted octanol–water partition coefficient (Wildman–Crippen LogP) is 2.34. The number of nitrogens with one attached hydrogen (secondary N) is 2. The lowest BCUT2D eigenvalue weighted by Gasteiger charge is -1.96. The second-order valence-electron chi connectivity index (χ2n) is 5.08. The van der Waals surface area contributed by atoms with Crippen LogP contribution in [0.2, 0.25) is 0 Å². The van der Waals surface area contributed by atoms with Gasteiger partial charge in [-0.15, -0.1) is 0 Å². The lowest BCUT2D eigenvalue weighted by atomic mass is 10.1. The van der Waals surface area contributed by atoms with Gasteiger partial charge in [0.05, 0.1) is 23.7 Å². The minimum atomic E-state index is -0.541. The highest BCUT2D eigenvalue weighted by atomic mass is 19.1. The number of hydrogen-bond acceptors (Lipinski definition) is 4. The van der Waals surface area contributed by atoms with E-state index in [4.69, 9.17) is 0 Å². The van der Waals surface area contributed by atoms with Crippen LogP contribution in [-0.4, -0.2) is 32.1 Å². The van der Waals surface area contributed by atoms with Crippen molar-refractivity contribution >= 4 is 12.1 Å². The summed E-state index contributed by atoms with van der Waals surface area (Å²) < 4.78 is 27.9. The van der Waals surface area contributed by atoms with E-state index in [0.717, 1.165) is 0 Å². The largest absolute Gasteiger partial charge is 0.289 e. The van der Waals surface area contributed by atoms with Crippen molar-refractivity contribution in [1.29, 1.82) is 0 Å². The number of H-pyrrole nitrogens is 1. The summed E-state index contributed by atoms with van der Waals surface area (Å²) in [6.45, 7) is 2.15. The molecule has 0 aliphatic rings. The van der Waals surface area contributed by atoms with Crippen LogP contribution in [-0.2, 0) is 6.54 Å². The molecule has 3 aromatic rings. The molecule has 0 aliphatic carbocycles. The third-order valence-electron chi connectivity index (χ3n) is 3.43. The first-order chi connectivity index (χ1) is 12.1. The van der Waals surface area contributed by atoms with Crippen LogP contribution in [0.1, 0.15) is 23.0 Å². The maximum Gasteiger partial charge on any atom is 0.289 e. The Bertz CT molecular complexity index is 913. The number of benzene rings is 1. The number of amides is 1. The van der Waals surface area contributed by atoms with E-state index < -0.39 is 11.9 Å². The molecule has 0 fully saturated rings. The first-order valence-corrected chi connectivity index (χ1v) is 7.44. The van der Waals surface area contributed by atoms with Gasteiger partial charge in [-0.1, -0.05) is 0 Å². The number of hydrogen-bond donors (Lipinski definition) is 2. The molecule has 0 unspecified atom stereocenters. The summed E-state index contributed by atoms with van der Waals surface area (Å²) >= 11 is 0. The van der Waals surface area contributed by atoms with Gasteiger partial charge in [0.15, 0.2) is 0 Å². The van der Waals surface area contributed by atoms with Crippen molar-refractivity contribution in [1.82, 2.24) is 25.4 Å². The fourth-order valence-corrected chi connectivity index (χ4v) is 2.12. The molecule has 9 heteroatoms. The van der Waals surface area contributed by atoms with Gasteiger partial charge in [0, 0.05) is 12.1 Å². The van der Waals surface area contributed by atoms with E-state index in [0.29, 0.717) is 17.8 Å². The molecule has 25 heavy (non-hydrogen) atoms. The Kier molecular flexibility index (Phi) is 4.64. The van der Waals surface area contributed by atoms with E-state index in [1.54, 1.807) is 19.1 Å². The zero-order valence-corrected chi connectivity index (χ0v) is 13.2. The average Bonchev–Trinajstić information content (AvgIpc) is 3.23. The van der Waals surface area contributed by atoms with Gasteiger partial charge in [-0.25, -0.2) is 14.5 Å². The van der Waals surface area contributed by atoms with Crippen molar-refractivity contribution in [3.8, 4) is 11.3 Å². The molecule has 0 atom stereocenters. The molecule has 1 aromatic carbocycles. The van der Waals surface area contributed by atoms with Crippen LogP contribution in [0.25, 0.3) is 11.3 Å². The number of carbonyl (C=O) groups is 1. The smallest absolute Gasteiger partial charge is 0.272 e. The summed E-state index contributed by atoms with van der Waals surface area (Å²) in [5, 5.41) is 14.1. The molecule has 1 amide bonds. The number of hydrazone groups is 1. The van der Waals surface area contributed by atoms with Crippen LogP contribution in [0.15, 0.2) is 41.6 Å². The Morgan fingerprint density at radius 3 is 2.80 bits per heavy atom. The van der Waals surface area contributed by atoms with Crippen LogP contribution in [0.3, 0.4) is 0 Å². The maximum atomic E-state index is 13.8. The lowest BCUT2D eigenvalue weighted by Crippen LogP contribution is -2.18. The summed E-state index contributed by atoms with van der Waals surface area (Å²) in [7, 11) is 0. The molecular formula is C16H14F2N6O. The molecular weight excluding hydrogens is 330 g/mol. The summed E-state index contributed by atoms with van der Waals surface area (Å²) in [5.74, 6) is -1.42. The first kappa shape index (κ1) is 16.5. The standard InChI is InChI=1S/C16H14F2N6O/c1-2-24-15(18)11(9-20-24)8-19-23-16(25)14-7-13(21-22-14)10-3-5-12(17)6-4-10/h3-9H,2H2,1H3,(H,21,22)(H,23,25)/b19-8+. The van der Waals surface area contributed by atoms with Gasteiger partial charge >= 0.3 is 0 Å². The number of halogens is 2. The van der Waals surface area contributed by atoms with E-state index in [-0.39, 0.29) is 17.1 Å². The predicted molar refractivity (Wildman–Crippen MR) is 86.9 cm³/mol. The molecule has 0 bridgehead atoms. The van der Waals surface area contributed by atoms with Crippen molar-refractivity contribution in [2.45, 2.75) is 13.5 Å². The number of carbonyl (C=O) groups excluding carboxylic acids is 1. The molecule has 0 aliphatic heterocycles. The Balaban J connectivity index is 1.66. The number of rotatable bonds is 5. The first-order valence-electron chi connectivity index (χ1n) is 7.44. The van der Waals surface area contributed by atoms with E-state index >= 15 is 0 Å². The molecule has 3 rings (SSSR count). The van der Waals surface area contributed by atoms with Crippen molar-refractivity contribution in [3.63, 3.8) is 0 Å². The SMILES string of the molecule is CCn1ncc(/C=N/NC(=O)c2cc(-c3ccc(F)cc3)n[nH]2)c1F. The van der Waals surface area contributed by atoms with E-state index in [1.807, 2.05) is 0 Å². The Labute approximate surface area is 141 Å². The van der Waals surface area contributed by atoms with Crippen molar-refractivity contribution in [2.24, 2.45) is 5.10 Å². The summed E-state index contributed by atoms with van der Waals surface area (Å²) in [5.41, 5.74) is 3.76. The highest BCUT2D eigenvalue weighted by molar-refractivity contribution is 5.94. The second kappa shape index (κ2) is 7.04. The monoisotopic (exact) mass is 344 g/mol.